The van der Waals surface area contributed by atoms with Gasteiger partial charge in [0.25, 0.3) is 0 Å². The van der Waals surface area contributed by atoms with Gasteiger partial charge in [-0.05, 0) is 56.8 Å². The fourth-order valence-corrected chi connectivity index (χ4v) is 3.28. The Balaban J connectivity index is 2.47. The molecule has 0 aliphatic carbocycles. The molecule has 112 valence electrons. The molecule has 0 amide bonds. The highest BCUT2D eigenvalue weighted by molar-refractivity contribution is 9.11. The van der Waals surface area contributed by atoms with Gasteiger partial charge in [0.15, 0.2) is 0 Å². The Morgan fingerprint density at radius 2 is 1.71 bits per heavy atom. The highest BCUT2D eigenvalue weighted by atomic mass is 79.9. The summed E-state index contributed by atoms with van der Waals surface area (Å²) in [6.45, 7) is 7.16. The summed E-state index contributed by atoms with van der Waals surface area (Å²) in [4.78, 5) is 8.77. The van der Waals surface area contributed by atoms with Crippen LogP contribution in [0, 0.1) is 0 Å². The van der Waals surface area contributed by atoms with E-state index in [-0.39, 0.29) is 0 Å². The van der Waals surface area contributed by atoms with E-state index in [1.54, 1.807) is 6.33 Å². The maximum atomic E-state index is 4.42. The summed E-state index contributed by atoms with van der Waals surface area (Å²) in [7, 11) is 0. The molecule has 2 aromatic rings. The number of halogens is 2. The molecular weight excluding hydrogens is 396 g/mol. The maximum Gasteiger partial charge on any atom is 0.139 e. The van der Waals surface area contributed by atoms with Crippen LogP contribution in [0.5, 0.6) is 0 Å². The van der Waals surface area contributed by atoms with Gasteiger partial charge in [-0.1, -0.05) is 19.9 Å². The summed E-state index contributed by atoms with van der Waals surface area (Å²) in [5, 5.41) is 6.70. The molecule has 0 fully saturated rings. The van der Waals surface area contributed by atoms with E-state index in [9.17, 15) is 0 Å². The fraction of sp³-hybridized carbons (Fsp3) is 0.333. The van der Waals surface area contributed by atoms with Crippen LogP contribution < -0.4 is 10.6 Å². The largest absolute Gasteiger partial charge is 0.370 e. The summed E-state index contributed by atoms with van der Waals surface area (Å²) in [6, 6.07) is 5.97. The lowest BCUT2D eigenvalue weighted by Gasteiger charge is -2.18. The second-order valence-electron chi connectivity index (χ2n) is 4.89. The summed E-state index contributed by atoms with van der Waals surface area (Å²) >= 11 is 7.13. The Bertz CT molecular complexity index is 609. The smallest absolute Gasteiger partial charge is 0.139 e. The Kier molecular flexibility index (Phi) is 5.58. The summed E-state index contributed by atoms with van der Waals surface area (Å²) < 4.78 is 1.96. The van der Waals surface area contributed by atoms with Gasteiger partial charge in [-0.2, -0.15) is 0 Å². The molecule has 0 aliphatic rings. The van der Waals surface area contributed by atoms with Crippen molar-refractivity contribution in [2.75, 3.05) is 17.2 Å². The molecule has 0 unspecified atom stereocenters. The number of para-hydroxylation sites is 1. The van der Waals surface area contributed by atoms with Crippen LogP contribution in [0.4, 0.5) is 17.3 Å². The van der Waals surface area contributed by atoms with Crippen molar-refractivity contribution in [3.8, 4) is 0 Å². The van der Waals surface area contributed by atoms with Gasteiger partial charge in [-0.25, -0.2) is 9.97 Å². The number of benzene rings is 1. The first-order valence-corrected chi connectivity index (χ1v) is 8.43. The van der Waals surface area contributed by atoms with Gasteiger partial charge in [0.2, 0.25) is 0 Å². The highest BCUT2D eigenvalue weighted by Crippen LogP contribution is 2.36. The van der Waals surface area contributed by atoms with Crippen molar-refractivity contribution in [2.24, 2.45) is 0 Å². The molecule has 1 aromatic carbocycles. The van der Waals surface area contributed by atoms with Gasteiger partial charge in [-0.15, -0.1) is 0 Å². The third-order valence-corrected chi connectivity index (χ3v) is 4.33. The lowest BCUT2D eigenvalue weighted by Crippen LogP contribution is -2.09. The van der Waals surface area contributed by atoms with Crippen molar-refractivity contribution < 1.29 is 0 Å². The number of rotatable bonds is 5. The van der Waals surface area contributed by atoms with Gasteiger partial charge in [-0.3, -0.25) is 0 Å². The fourth-order valence-electron chi connectivity index (χ4n) is 2.09. The molecule has 0 bridgehead atoms. The number of anilines is 3. The SMILES string of the molecule is CCNc1ncnc(Nc2c(Br)cccc2Br)c1C(C)C. The normalized spacial score (nSPS) is 10.8. The van der Waals surface area contributed by atoms with Crippen molar-refractivity contribution in [1.82, 2.24) is 9.97 Å². The van der Waals surface area contributed by atoms with E-state index in [1.807, 2.05) is 18.2 Å². The molecule has 2 rings (SSSR count). The van der Waals surface area contributed by atoms with Crippen LogP contribution in [0.25, 0.3) is 0 Å². The Morgan fingerprint density at radius 1 is 1.10 bits per heavy atom. The number of hydrogen-bond acceptors (Lipinski definition) is 4. The molecule has 21 heavy (non-hydrogen) atoms. The Morgan fingerprint density at radius 3 is 2.29 bits per heavy atom. The molecule has 0 spiro atoms. The van der Waals surface area contributed by atoms with Crippen molar-refractivity contribution in [3.05, 3.63) is 39.0 Å². The van der Waals surface area contributed by atoms with Crippen LogP contribution >= 0.6 is 31.9 Å². The Hall–Kier alpha value is -1.14. The highest BCUT2D eigenvalue weighted by Gasteiger charge is 2.16. The van der Waals surface area contributed by atoms with Crippen LogP contribution in [0.2, 0.25) is 0 Å². The van der Waals surface area contributed by atoms with E-state index < -0.39 is 0 Å². The molecule has 4 nitrogen and oxygen atoms in total. The topological polar surface area (TPSA) is 49.8 Å². The van der Waals surface area contributed by atoms with Crippen molar-refractivity contribution in [2.45, 2.75) is 26.7 Å². The minimum absolute atomic E-state index is 0.309. The predicted molar refractivity (Wildman–Crippen MR) is 95.4 cm³/mol. The summed E-state index contributed by atoms with van der Waals surface area (Å²) in [5.74, 6) is 2.01. The first-order valence-electron chi connectivity index (χ1n) is 6.84. The lowest BCUT2D eigenvalue weighted by atomic mass is 10.0. The molecule has 0 saturated heterocycles. The molecule has 6 heteroatoms. The number of aromatic nitrogens is 2. The maximum absolute atomic E-state index is 4.42. The van der Waals surface area contributed by atoms with Gasteiger partial charge in [0.05, 0.1) is 5.69 Å². The van der Waals surface area contributed by atoms with Crippen LogP contribution in [-0.4, -0.2) is 16.5 Å². The third kappa shape index (κ3) is 3.74. The molecular formula is C15H18Br2N4. The first-order chi connectivity index (χ1) is 10.0. The van der Waals surface area contributed by atoms with E-state index in [2.05, 4.69) is 73.2 Å². The molecule has 0 saturated carbocycles. The van der Waals surface area contributed by atoms with E-state index in [0.717, 1.165) is 38.4 Å². The zero-order valence-electron chi connectivity index (χ0n) is 12.2. The molecule has 2 N–H and O–H groups in total. The zero-order valence-corrected chi connectivity index (χ0v) is 15.4. The van der Waals surface area contributed by atoms with E-state index in [4.69, 9.17) is 0 Å². The molecule has 1 aromatic heterocycles. The molecule has 0 atom stereocenters. The van der Waals surface area contributed by atoms with Crippen LogP contribution in [0.15, 0.2) is 33.5 Å². The molecule has 0 aliphatic heterocycles. The van der Waals surface area contributed by atoms with E-state index in [0.29, 0.717) is 5.92 Å². The minimum atomic E-state index is 0.309. The average molecular weight is 414 g/mol. The van der Waals surface area contributed by atoms with Crippen LogP contribution in [-0.2, 0) is 0 Å². The summed E-state index contributed by atoms with van der Waals surface area (Å²) in [5.41, 5.74) is 2.04. The van der Waals surface area contributed by atoms with Gasteiger partial charge in [0.1, 0.15) is 18.0 Å². The lowest BCUT2D eigenvalue weighted by molar-refractivity contribution is 0.849. The first kappa shape index (κ1) is 16.2. The monoisotopic (exact) mass is 412 g/mol. The third-order valence-electron chi connectivity index (χ3n) is 3.01. The van der Waals surface area contributed by atoms with Gasteiger partial charge >= 0.3 is 0 Å². The second kappa shape index (κ2) is 7.22. The average Bonchev–Trinajstić information content (AvgIpc) is 2.43. The van der Waals surface area contributed by atoms with Crippen molar-refractivity contribution in [3.63, 3.8) is 0 Å². The minimum Gasteiger partial charge on any atom is -0.370 e. The van der Waals surface area contributed by atoms with E-state index >= 15 is 0 Å². The molecule has 0 radical (unpaired) electrons. The standard InChI is InChI=1S/C15H18Br2N4/c1-4-18-14-12(9(2)3)15(20-8-19-14)21-13-10(16)6-5-7-11(13)17/h5-9H,4H2,1-3H3,(H2,18,19,20,21). The van der Waals surface area contributed by atoms with Crippen LogP contribution in [0.3, 0.4) is 0 Å². The molecule has 1 heterocycles. The number of nitrogens with zero attached hydrogens (tertiary/aromatic N) is 2. The number of nitrogens with one attached hydrogen (secondary N) is 2. The van der Waals surface area contributed by atoms with Crippen molar-refractivity contribution >= 4 is 49.2 Å². The number of hydrogen-bond donors (Lipinski definition) is 2. The Labute approximate surface area is 142 Å². The van der Waals surface area contributed by atoms with Gasteiger partial charge in [0, 0.05) is 21.1 Å². The van der Waals surface area contributed by atoms with Crippen LogP contribution in [0.1, 0.15) is 32.3 Å². The van der Waals surface area contributed by atoms with E-state index in [1.165, 1.54) is 0 Å². The zero-order chi connectivity index (χ0) is 15.4. The van der Waals surface area contributed by atoms with Gasteiger partial charge < -0.3 is 10.6 Å². The quantitative estimate of drug-likeness (QED) is 0.698. The second-order valence-corrected chi connectivity index (χ2v) is 6.60. The predicted octanol–water partition coefficient (Wildman–Crippen LogP) is 5.30. The van der Waals surface area contributed by atoms with Crippen molar-refractivity contribution in [1.29, 1.82) is 0 Å². The summed E-state index contributed by atoms with van der Waals surface area (Å²) in [6.07, 6.45) is 1.58.